The molecule has 0 atom stereocenters. The standard InChI is InChI=1S/C13H18N4O2/c1-3-17-13(12(8-14)15-16-17)9-19-11-6-4-5-10(7-11)18-2/h4-7H,3,8-9,14H2,1-2H3. The highest BCUT2D eigenvalue weighted by Gasteiger charge is 2.11. The topological polar surface area (TPSA) is 75.2 Å². The van der Waals surface area contributed by atoms with Crippen molar-refractivity contribution in [3.63, 3.8) is 0 Å². The number of hydrogen-bond donors (Lipinski definition) is 1. The van der Waals surface area contributed by atoms with Gasteiger partial charge in [0.2, 0.25) is 0 Å². The van der Waals surface area contributed by atoms with Crippen molar-refractivity contribution >= 4 is 0 Å². The summed E-state index contributed by atoms with van der Waals surface area (Å²) in [5, 5.41) is 8.07. The van der Waals surface area contributed by atoms with Crippen molar-refractivity contribution in [2.45, 2.75) is 26.6 Å². The molecule has 0 spiro atoms. The molecule has 2 aromatic rings. The summed E-state index contributed by atoms with van der Waals surface area (Å²) < 4.78 is 12.7. The van der Waals surface area contributed by atoms with Crippen LogP contribution in [0.25, 0.3) is 0 Å². The van der Waals surface area contributed by atoms with Gasteiger partial charge in [-0.1, -0.05) is 11.3 Å². The van der Waals surface area contributed by atoms with Gasteiger partial charge in [0.15, 0.2) is 0 Å². The minimum absolute atomic E-state index is 0.358. The van der Waals surface area contributed by atoms with E-state index < -0.39 is 0 Å². The number of ether oxygens (including phenoxy) is 2. The molecule has 0 aliphatic rings. The van der Waals surface area contributed by atoms with Crippen LogP contribution >= 0.6 is 0 Å². The van der Waals surface area contributed by atoms with Gasteiger partial charge in [0.25, 0.3) is 0 Å². The Bertz CT molecular complexity index is 518. The highest BCUT2D eigenvalue weighted by Crippen LogP contribution is 2.20. The van der Waals surface area contributed by atoms with Crippen LogP contribution in [-0.2, 0) is 19.7 Å². The Morgan fingerprint density at radius 3 is 2.79 bits per heavy atom. The Morgan fingerprint density at radius 2 is 2.11 bits per heavy atom. The average Bonchev–Trinajstić information content (AvgIpc) is 2.87. The van der Waals surface area contributed by atoms with E-state index in [1.54, 1.807) is 11.8 Å². The van der Waals surface area contributed by atoms with Gasteiger partial charge < -0.3 is 15.2 Å². The van der Waals surface area contributed by atoms with E-state index in [2.05, 4.69) is 10.3 Å². The van der Waals surface area contributed by atoms with Crippen molar-refractivity contribution < 1.29 is 9.47 Å². The first-order valence-electron chi connectivity index (χ1n) is 6.16. The number of nitrogens with two attached hydrogens (primary N) is 1. The number of aryl methyl sites for hydroxylation is 1. The maximum Gasteiger partial charge on any atom is 0.132 e. The molecule has 1 aromatic carbocycles. The van der Waals surface area contributed by atoms with Crippen LogP contribution in [0.5, 0.6) is 11.5 Å². The normalized spacial score (nSPS) is 10.5. The minimum Gasteiger partial charge on any atom is -0.497 e. The number of methoxy groups -OCH3 is 1. The van der Waals surface area contributed by atoms with Gasteiger partial charge in [-0.2, -0.15) is 0 Å². The Morgan fingerprint density at radius 1 is 1.32 bits per heavy atom. The van der Waals surface area contributed by atoms with Crippen LogP contribution in [0.15, 0.2) is 24.3 Å². The predicted molar refractivity (Wildman–Crippen MR) is 70.9 cm³/mol. The summed E-state index contributed by atoms with van der Waals surface area (Å²) in [7, 11) is 1.63. The number of hydrogen-bond acceptors (Lipinski definition) is 5. The highest BCUT2D eigenvalue weighted by molar-refractivity contribution is 5.33. The molecule has 2 rings (SSSR count). The van der Waals surface area contributed by atoms with E-state index in [1.807, 2.05) is 31.2 Å². The lowest BCUT2D eigenvalue weighted by molar-refractivity contribution is 0.289. The van der Waals surface area contributed by atoms with Gasteiger partial charge in [-0.15, -0.1) is 5.10 Å². The average molecular weight is 262 g/mol. The first-order valence-corrected chi connectivity index (χ1v) is 6.16. The molecule has 0 saturated carbocycles. The maximum atomic E-state index is 5.74. The van der Waals surface area contributed by atoms with Gasteiger partial charge in [-0.25, -0.2) is 4.68 Å². The first-order chi connectivity index (χ1) is 9.28. The van der Waals surface area contributed by atoms with Crippen LogP contribution in [0, 0.1) is 0 Å². The second-order valence-electron chi connectivity index (χ2n) is 3.97. The molecule has 6 nitrogen and oxygen atoms in total. The minimum atomic E-state index is 0.358. The molecule has 0 unspecified atom stereocenters. The van der Waals surface area contributed by atoms with E-state index in [9.17, 15) is 0 Å². The third-order valence-electron chi connectivity index (χ3n) is 2.83. The fourth-order valence-corrected chi connectivity index (χ4v) is 1.78. The number of benzene rings is 1. The molecule has 0 radical (unpaired) electrons. The molecule has 0 aliphatic carbocycles. The molecule has 1 aromatic heterocycles. The summed E-state index contributed by atoms with van der Waals surface area (Å²) in [6.07, 6.45) is 0. The maximum absolute atomic E-state index is 5.74. The Balaban J connectivity index is 2.11. The molecule has 6 heteroatoms. The SMILES string of the molecule is CCn1nnc(CN)c1COc1cccc(OC)c1. The van der Waals surface area contributed by atoms with E-state index in [4.69, 9.17) is 15.2 Å². The Kier molecular flexibility index (Phi) is 4.35. The largest absolute Gasteiger partial charge is 0.497 e. The van der Waals surface area contributed by atoms with Crippen molar-refractivity contribution in [1.29, 1.82) is 0 Å². The zero-order chi connectivity index (χ0) is 13.7. The van der Waals surface area contributed by atoms with Crippen molar-refractivity contribution in [1.82, 2.24) is 15.0 Å². The monoisotopic (exact) mass is 262 g/mol. The molecule has 0 aliphatic heterocycles. The van der Waals surface area contributed by atoms with E-state index in [-0.39, 0.29) is 0 Å². The van der Waals surface area contributed by atoms with Gasteiger partial charge >= 0.3 is 0 Å². The molecule has 19 heavy (non-hydrogen) atoms. The summed E-state index contributed by atoms with van der Waals surface area (Å²) in [4.78, 5) is 0. The van der Waals surface area contributed by atoms with Gasteiger partial charge in [0, 0.05) is 19.2 Å². The molecule has 0 amide bonds. The van der Waals surface area contributed by atoms with Crippen LogP contribution in [0.3, 0.4) is 0 Å². The number of aromatic nitrogens is 3. The molecule has 102 valence electrons. The second kappa shape index (κ2) is 6.19. The van der Waals surface area contributed by atoms with Crippen molar-refractivity contribution in [2.75, 3.05) is 7.11 Å². The van der Waals surface area contributed by atoms with E-state index in [0.29, 0.717) is 13.2 Å². The molecule has 0 fully saturated rings. The van der Waals surface area contributed by atoms with Gasteiger partial charge in [0.1, 0.15) is 29.5 Å². The summed E-state index contributed by atoms with van der Waals surface area (Å²) in [6.45, 7) is 3.49. The lowest BCUT2D eigenvalue weighted by Crippen LogP contribution is -2.09. The molecule has 0 saturated heterocycles. The smallest absolute Gasteiger partial charge is 0.132 e. The summed E-state index contributed by atoms with van der Waals surface area (Å²) in [5.74, 6) is 1.50. The quantitative estimate of drug-likeness (QED) is 0.850. The summed E-state index contributed by atoms with van der Waals surface area (Å²) in [5.41, 5.74) is 7.32. The van der Waals surface area contributed by atoms with Gasteiger partial charge in [0.05, 0.1) is 7.11 Å². The second-order valence-corrected chi connectivity index (χ2v) is 3.97. The third-order valence-corrected chi connectivity index (χ3v) is 2.83. The first kappa shape index (κ1) is 13.4. The fraction of sp³-hybridized carbons (Fsp3) is 0.385. The Labute approximate surface area is 112 Å². The Hall–Kier alpha value is -2.08. The summed E-state index contributed by atoms with van der Waals surface area (Å²) in [6, 6.07) is 7.47. The van der Waals surface area contributed by atoms with Crippen LogP contribution in [-0.4, -0.2) is 22.1 Å². The zero-order valence-corrected chi connectivity index (χ0v) is 11.2. The predicted octanol–water partition coefficient (Wildman–Crippen LogP) is 1.34. The zero-order valence-electron chi connectivity index (χ0n) is 11.2. The third kappa shape index (κ3) is 3.03. The van der Waals surface area contributed by atoms with Crippen LogP contribution in [0.1, 0.15) is 18.3 Å². The van der Waals surface area contributed by atoms with E-state index in [0.717, 1.165) is 29.4 Å². The molecule has 2 N–H and O–H groups in total. The lowest BCUT2D eigenvalue weighted by Gasteiger charge is -2.09. The highest BCUT2D eigenvalue weighted by atomic mass is 16.5. The molecule has 0 bridgehead atoms. The summed E-state index contributed by atoms with van der Waals surface area (Å²) >= 11 is 0. The van der Waals surface area contributed by atoms with Gasteiger partial charge in [-0.05, 0) is 19.1 Å². The van der Waals surface area contributed by atoms with E-state index >= 15 is 0 Å². The molecular weight excluding hydrogens is 244 g/mol. The number of nitrogens with zero attached hydrogens (tertiary/aromatic N) is 3. The fourth-order valence-electron chi connectivity index (χ4n) is 1.78. The van der Waals surface area contributed by atoms with Crippen molar-refractivity contribution in [3.05, 3.63) is 35.7 Å². The van der Waals surface area contributed by atoms with Crippen LogP contribution in [0.4, 0.5) is 0 Å². The van der Waals surface area contributed by atoms with Crippen molar-refractivity contribution in [3.8, 4) is 11.5 Å². The molecular formula is C13H18N4O2. The van der Waals surface area contributed by atoms with Crippen LogP contribution < -0.4 is 15.2 Å². The lowest BCUT2D eigenvalue weighted by atomic mass is 10.3. The number of rotatable bonds is 6. The van der Waals surface area contributed by atoms with E-state index in [1.165, 1.54) is 0 Å². The molecule has 1 heterocycles. The van der Waals surface area contributed by atoms with Crippen LogP contribution in [0.2, 0.25) is 0 Å². The van der Waals surface area contributed by atoms with Gasteiger partial charge in [-0.3, -0.25) is 0 Å². The van der Waals surface area contributed by atoms with Crippen molar-refractivity contribution in [2.24, 2.45) is 5.73 Å².